The first-order valence-corrected chi connectivity index (χ1v) is 8.75. The third-order valence-electron chi connectivity index (χ3n) is 4.63. The largest absolute Gasteiger partial charge is 0.489 e. The number of anilines is 1. The molecular weight excluding hydrogens is 343 g/mol. The first-order chi connectivity index (χ1) is 13.1. The van der Waals surface area contributed by atoms with Gasteiger partial charge in [0.25, 0.3) is 5.91 Å². The Morgan fingerprint density at radius 3 is 2.67 bits per heavy atom. The molecule has 0 bridgehead atoms. The van der Waals surface area contributed by atoms with Crippen LogP contribution in [0.4, 0.5) is 10.1 Å². The molecule has 0 spiro atoms. The minimum Gasteiger partial charge on any atom is -0.489 e. The standard InChI is InChI=1S/C22H19FN2O2/c1-14-6-4-10-18-20(14)24-21(25-22(18)26)15-8-5-9-17(12-15)27-13-16-7-2-3-11-19(16)23/h2-12,21,24H,13H2,1H3,(H,25,26). The van der Waals surface area contributed by atoms with Crippen LogP contribution in [-0.4, -0.2) is 5.91 Å². The molecule has 3 aromatic carbocycles. The lowest BCUT2D eigenvalue weighted by Gasteiger charge is -2.29. The fraction of sp³-hybridized carbons (Fsp3) is 0.136. The zero-order chi connectivity index (χ0) is 18.8. The number of amides is 1. The lowest BCUT2D eigenvalue weighted by atomic mass is 10.0. The van der Waals surface area contributed by atoms with E-state index in [2.05, 4.69) is 10.6 Å². The van der Waals surface area contributed by atoms with Gasteiger partial charge in [-0.1, -0.05) is 42.5 Å². The minimum absolute atomic E-state index is 0.116. The average Bonchev–Trinajstić information content (AvgIpc) is 2.68. The first kappa shape index (κ1) is 17.1. The molecule has 0 saturated heterocycles. The zero-order valence-electron chi connectivity index (χ0n) is 14.8. The predicted octanol–water partition coefficient (Wildman–Crippen LogP) is 4.57. The van der Waals surface area contributed by atoms with Gasteiger partial charge >= 0.3 is 0 Å². The number of para-hydroxylation sites is 1. The molecule has 136 valence electrons. The molecule has 1 amide bonds. The summed E-state index contributed by atoms with van der Waals surface area (Å²) >= 11 is 0. The SMILES string of the molecule is Cc1cccc2c1NC(c1cccc(OCc3ccccc3F)c1)NC2=O. The van der Waals surface area contributed by atoms with Gasteiger partial charge in [0.15, 0.2) is 0 Å². The summed E-state index contributed by atoms with van der Waals surface area (Å²) in [4.78, 5) is 12.4. The van der Waals surface area contributed by atoms with Crippen LogP contribution in [0.15, 0.2) is 66.7 Å². The van der Waals surface area contributed by atoms with Crippen molar-refractivity contribution >= 4 is 11.6 Å². The highest BCUT2D eigenvalue weighted by Crippen LogP contribution is 2.30. The highest BCUT2D eigenvalue weighted by atomic mass is 19.1. The quantitative estimate of drug-likeness (QED) is 0.715. The molecule has 0 saturated carbocycles. The van der Waals surface area contributed by atoms with E-state index in [4.69, 9.17) is 4.74 Å². The number of halogens is 1. The van der Waals surface area contributed by atoms with Crippen molar-refractivity contribution in [2.45, 2.75) is 19.7 Å². The van der Waals surface area contributed by atoms with Gasteiger partial charge < -0.3 is 15.4 Å². The lowest BCUT2D eigenvalue weighted by molar-refractivity contribution is 0.0935. The van der Waals surface area contributed by atoms with Gasteiger partial charge in [-0.05, 0) is 42.3 Å². The van der Waals surface area contributed by atoms with E-state index >= 15 is 0 Å². The lowest BCUT2D eigenvalue weighted by Crippen LogP contribution is -2.38. The van der Waals surface area contributed by atoms with Crippen molar-refractivity contribution in [3.63, 3.8) is 0 Å². The maximum absolute atomic E-state index is 13.7. The molecule has 0 aliphatic carbocycles. The Balaban J connectivity index is 1.54. The van der Waals surface area contributed by atoms with E-state index in [9.17, 15) is 9.18 Å². The van der Waals surface area contributed by atoms with Crippen molar-refractivity contribution in [2.24, 2.45) is 0 Å². The number of carbonyl (C=O) groups is 1. The number of ether oxygens (including phenoxy) is 1. The van der Waals surface area contributed by atoms with E-state index in [1.165, 1.54) is 6.07 Å². The van der Waals surface area contributed by atoms with Crippen LogP contribution < -0.4 is 15.4 Å². The van der Waals surface area contributed by atoms with E-state index in [1.807, 2.05) is 43.3 Å². The third kappa shape index (κ3) is 3.49. The summed E-state index contributed by atoms with van der Waals surface area (Å²) in [5, 5.41) is 6.34. The Labute approximate surface area is 157 Å². The molecule has 0 fully saturated rings. The van der Waals surface area contributed by atoms with Gasteiger partial charge in [-0.3, -0.25) is 4.79 Å². The van der Waals surface area contributed by atoms with Crippen molar-refractivity contribution in [3.8, 4) is 5.75 Å². The number of rotatable bonds is 4. The minimum atomic E-state index is -0.358. The number of carbonyl (C=O) groups excluding carboxylic acids is 1. The van der Waals surface area contributed by atoms with Gasteiger partial charge in [0, 0.05) is 5.56 Å². The van der Waals surface area contributed by atoms with E-state index in [0.717, 1.165) is 16.8 Å². The molecule has 0 aromatic heterocycles. The Kier molecular flexibility index (Phi) is 4.50. The molecule has 2 N–H and O–H groups in total. The monoisotopic (exact) mass is 362 g/mol. The second kappa shape index (κ2) is 7.11. The van der Waals surface area contributed by atoms with Crippen LogP contribution in [0.3, 0.4) is 0 Å². The van der Waals surface area contributed by atoms with Gasteiger partial charge in [-0.25, -0.2) is 4.39 Å². The summed E-state index contributed by atoms with van der Waals surface area (Å²) in [6.45, 7) is 2.11. The topological polar surface area (TPSA) is 50.4 Å². The smallest absolute Gasteiger partial charge is 0.255 e. The Hall–Kier alpha value is -3.34. The molecule has 1 heterocycles. The van der Waals surface area contributed by atoms with Gasteiger partial charge in [0.1, 0.15) is 24.3 Å². The molecule has 1 atom stereocenters. The molecular formula is C22H19FN2O2. The molecule has 27 heavy (non-hydrogen) atoms. The van der Waals surface area contributed by atoms with E-state index in [-0.39, 0.29) is 24.5 Å². The van der Waals surface area contributed by atoms with Gasteiger partial charge in [0.2, 0.25) is 0 Å². The fourth-order valence-electron chi connectivity index (χ4n) is 3.16. The maximum atomic E-state index is 13.7. The predicted molar refractivity (Wildman–Crippen MR) is 102 cm³/mol. The molecule has 4 nitrogen and oxygen atoms in total. The Morgan fingerprint density at radius 1 is 1.00 bits per heavy atom. The van der Waals surface area contributed by atoms with Gasteiger partial charge in [-0.15, -0.1) is 0 Å². The highest BCUT2D eigenvalue weighted by Gasteiger charge is 2.25. The van der Waals surface area contributed by atoms with Gasteiger partial charge in [0.05, 0.1) is 11.3 Å². The number of hydrogen-bond acceptors (Lipinski definition) is 3. The highest BCUT2D eigenvalue weighted by molar-refractivity contribution is 6.02. The maximum Gasteiger partial charge on any atom is 0.255 e. The number of benzene rings is 3. The second-order valence-electron chi connectivity index (χ2n) is 6.50. The van der Waals surface area contributed by atoms with E-state index < -0.39 is 0 Å². The summed E-state index contributed by atoms with van der Waals surface area (Å²) in [5.74, 6) is 0.208. The normalized spacial score (nSPS) is 15.5. The molecule has 1 aliphatic rings. The Bertz CT molecular complexity index is 1000. The van der Waals surface area contributed by atoms with Crippen LogP contribution in [0.2, 0.25) is 0 Å². The molecule has 1 unspecified atom stereocenters. The average molecular weight is 362 g/mol. The first-order valence-electron chi connectivity index (χ1n) is 8.75. The van der Waals surface area contributed by atoms with Crippen molar-refractivity contribution in [3.05, 3.63) is 94.8 Å². The fourth-order valence-corrected chi connectivity index (χ4v) is 3.16. The third-order valence-corrected chi connectivity index (χ3v) is 4.63. The summed E-state index contributed by atoms with van der Waals surface area (Å²) in [6.07, 6.45) is -0.358. The van der Waals surface area contributed by atoms with Crippen LogP contribution >= 0.6 is 0 Å². The summed E-state index contributed by atoms with van der Waals surface area (Å²) in [7, 11) is 0. The van der Waals surface area contributed by atoms with Gasteiger partial charge in [-0.2, -0.15) is 0 Å². The van der Waals surface area contributed by atoms with Crippen molar-refractivity contribution in [1.29, 1.82) is 0 Å². The van der Waals surface area contributed by atoms with Crippen LogP contribution in [-0.2, 0) is 6.61 Å². The molecule has 4 rings (SSSR count). The summed E-state index contributed by atoms with van der Waals surface area (Å²) < 4.78 is 19.5. The molecule has 1 aliphatic heterocycles. The van der Waals surface area contributed by atoms with Crippen LogP contribution in [0.25, 0.3) is 0 Å². The number of fused-ring (bicyclic) bond motifs is 1. The second-order valence-corrected chi connectivity index (χ2v) is 6.50. The molecule has 3 aromatic rings. The molecule has 5 heteroatoms. The van der Waals surface area contributed by atoms with Crippen LogP contribution in [0, 0.1) is 12.7 Å². The number of aryl methyl sites for hydroxylation is 1. The zero-order valence-corrected chi connectivity index (χ0v) is 14.8. The number of nitrogens with one attached hydrogen (secondary N) is 2. The number of hydrogen-bond donors (Lipinski definition) is 2. The van der Waals surface area contributed by atoms with E-state index in [0.29, 0.717) is 16.9 Å². The van der Waals surface area contributed by atoms with Crippen molar-refractivity contribution in [2.75, 3.05) is 5.32 Å². The van der Waals surface area contributed by atoms with Crippen molar-refractivity contribution < 1.29 is 13.9 Å². The summed E-state index contributed by atoms with van der Waals surface area (Å²) in [5.41, 5.74) is 3.85. The van der Waals surface area contributed by atoms with Crippen LogP contribution in [0.5, 0.6) is 5.75 Å². The molecule has 0 radical (unpaired) electrons. The Morgan fingerprint density at radius 2 is 1.81 bits per heavy atom. The van der Waals surface area contributed by atoms with E-state index in [1.54, 1.807) is 24.3 Å². The van der Waals surface area contributed by atoms with Crippen LogP contribution in [0.1, 0.15) is 33.2 Å². The van der Waals surface area contributed by atoms with Crippen molar-refractivity contribution in [1.82, 2.24) is 5.32 Å². The summed E-state index contributed by atoms with van der Waals surface area (Å²) in [6, 6.07) is 19.6.